The number of nitro groups is 1. The van der Waals surface area contributed by atoms with Crippen LogP contribution in [0.15, 0.2) is 18.2 Å². The van der Waals surface area contributed by atoms with E-state index in [1.54, 1.807) is 13.8 Å². The molecule has 0 aliphatic carbocycles. The summed E-state index contributed by atoms with van der Waals surface area (Å²) in [5, 5.41) is 22.2. The van der Waals surface area contributed by atoms with Gasteiger partial charge in [-0.3, -0.25) is 14.9 Å². The largest absolute Gasteiger partial charge is 0.490 e. The molecule has 1 atom stereocenters. The summed E-state index contributed by atoms with van der Waals surface area (Å²) in [6.45, 7) is 3.32. The minimum absolute atomic E-state index is 0.0657. The fourth-order valence-corrected chi connectivity index (χ4v) is 1.71. The number of carbonyl (C=O) groups excluding carboxylic acids is 1. The Morgan fingerprint density at radius 1 is 1.38 bits per heavy atom. The van der Waals surface area contributed by atoms with E-state index in [1.165, 1.54) is 19.2 Å². The molecule has 0 fully saturated rings. The quantitative estimate of drug-likeness (QED) is 0.605. The highest BCUT2D eigenvalue weighted by molar-refractivity contribution is 5.97. The molecule has 0 saturated heterocycles. The van der Waals surface area contributed by atoms with E-state index in [4.69, 9.17) is 9.84 Å². The normalized spacial score (nSPS) is 11.8. The van der Waals surface area contributed by atoms with E-state index in [-0.39, 0.29) is 22.9 Å². The molecule has 0 aliphatic heterocycles. The van der Waals surface area contributed by atoms with Gasteiger partial charge in [0.2, 0.25) is 0 Å². The Bertz CT molecular complexity index is 570. The number of carboxylic acids is 1. The highest BCUT2D eigenvalue weighted by Crippen LogP contribution is 2.27. The van der Waals surface area contributed by atoms with E-state index >= 15 is 0 Å². The van der Waals surface area contributed by atoms with Crippen molar-refractivity contribution >= 4 is 17.6 Å². The Morgan fingerprint density at radius 2 is 2.00 bits per heavy atom. The molecule has 2 N–H and O–H groups in total. The standard InChI is InChI=1S/C13H16N2O6/c1-7(2)11(13(17)18)14-12(16)8-4-5-9(15(19)20)10(6-8)21-3/h4-7,11H,1-3H3,(H,14,16)(H,17,18)/t11-/m1/s1. The predicted octanol–water partition coefficient (Wildman–Crippen LogP) is 1.44. The summed E-state index contributed by atoms with van der Waals surface area (Å²) < 4.78 is 4.86. The van der Waals surface area contributed by atoms with Crippen LogP contribution in [0.1, 0.15) is 24.2 Å². The Hall–Kier alpha value is -2.64. The van der Waals surface area contributed by atoms with Gasteiger partial charge in [-0.05, 0) is 12.0 Å². The first-order valence-electron chi connectivity index (χ1n) is 6.14. The first-order chi connectivity index (χ1) is 9.77. The van der Waals surface area contributed by atoms with Gasteiger partial charge in [-0.2, -0.15) is 0 Å². The summed E-state index contributed by atoms with van der Waals surface area (Å²) in [4.78, 5) is 33.2. The third kappa shape index (κ3) is 3.91. The van der Waals surface area contributed by atoms with Gasteiger partial charge in [0.1, 0.15) is 6.04 Å². The van der Waals surface area contributed by atoms with Crippen LogP contribution in [0.25, 0.3) is 0 Å². The zero-order chi connectivity index (χ0) is 16.2. The van der Waals surface area contributed by atoms with E-state index in [1.807, 2.05) is 0 Å². The highest BCUT2D eigenvalue weighted by Gasteiger charge is 2.25. The second-order valence-corrected chi connectivity index (χ2v) is 4.68. The van der Waals surface area contributed by atoms with E-state index in [0.717, 1.165) is 6.07 Å². The molecule has 0 spiro atoms. The van der Waals surface area contributed by atoms with Crippen molar-refractivity contribution in [3.63, 3.8) is 0 Å². The van der Waals surface area contributed by atoms with Gasteiger partial charge in [-0.15, -0.1) is 0 Å². The number of hydrogen-bond donors (Lipinski definition) is 2. The van der Waals surface area contributed by atoms with Gasteiger partial charge in [0.15, 0.2) is 5.75 Å². The van der Waals surface area contributed by atoms with E-state index in [2.05, 4.69) is 5.32 Å². The monoisotopic (exact) mass is 296 g/mol. The number of hydrogen-bond acceptors (Lipinski definition) is 5. The number of amides is 1. The van der Waals surface area contributed by atoms with E-state index in [0.29, 0.717) is 0 Å². The summed E-state index contributed by atoms with van der Waals surface area (Å²) >= 11 is 0. The van der Waals surface area contributed by atoms with Crippen molar-refractivity contribution in [3.05, 3.63) is 33.9 Å². The van der Waals surface area contributed by atoms with E-state index < -0.39 is 22.8 Å². The first-order valence-corrected chi connectivity index (χ1v) is 6.14. The van der Waals surface area contributed by atoms with Gasteiger partial charge in [0.25, 0.3) is 5.91 Å². The van der Waals surface area contributed by atoms with Gasteiger partial charge in [-0.1, -0.05) is 13.8 Å². The van der Waals surface area contributed by atoms with Crippen molar-refractivity contribution in [3.8, 4) is 5.75 Å². The maximum absolute atomic E-state index is 12.0. The molecule has 0 radical (unpaired) electrons. The molecule has 21 heavy (non-hydrogen) atoms. The molecular weight excluding hydrogens is 280 g/mol. The predicted molar refractivity (Wildman–Crippen MR) is 73.4 cm³/mol. The van der Waals surface area contributed by atoms with Gasteiger partial charge in [-0.25, -0.2) is 4.79 Å². The molecule has 1 aromatic carbocycles. The number of benzene rings is 1. The SMILES string of the molecule is COc1cc(C(=O)N[C@@H](C(=O)O)C(C)C)ccc1[N+](=O)[O-]. The average Bonchev–Trinajstić information content (AvgIpc) is 2.42. The van der Waals surface area contributed by atoms with Crippen LogP contribution in [0.4, 0.5) is 5.69 Å². The van der Waals surface area contributed by atoms with Crippen LogP contribution in [-0.2, 0) is 4.79 Å². The zero-order valence-electron chi connectivity index (χ0n) is 11.8. The molecule has 0 aliphatic rings. The number of methoxy groups -OCH3 is 1. The third-order valence-corrected chi connectivity index (χ3v) is 2.86. The second kappa shape index (κ2) is 6.69. The number of ether oxygens (including phenoxy) is 1. The highest BCUT2D eigenvalue weighted by atomic mass is 16.6. The van der Waals surface area contributed by atoms with Gasteiger partial charge < -0.3 is 15.2 Å². The van der Waals surface area contributed by atoms with Crippen molar-refractivity contribution in [2.75, 3.05) is 7.11 Å². The van der Waals surface area contributed by atoms with E-state index in [9.17, 15) is 19.7 Å². The van der Waals surface area contributed by atoms with Crippen molar-refractivity contribution in [2.24, 2.45) is 5.92 Å². The van der Waals surface area contributed by atoms with Gasteiger partial charge >= 0.3 is 11.7 Å². The van der Waals surface area contributed by atoms with Crippen LogP contribution in [0.5, 0.6) is 5.75 Å². The van der Waals surface area contributed by atoms with Gasteiger partial charge in [0, 0.05) is 17.7 Å². The average molecular weight is 296 g/mol. The fraction of sp³-hybridized carbons (Fsp3) is 0.385. The molecule has 8 nitrogen and oxygen atoms in total. The number of rotatable bonds is 6. The number of nitro benzene ring substituents is 1. The molecule has 0 unspecified atom stereocenters. The molecule has 0 saturated carbocycles. The Morgan fingerprint density at radius 3 is 2.43 bits per heavy atom. The van der Waals surface area contributed by atoms with Crippen LogP contribution in [0.3, 0.4) is 0 Å². The lowest BCUT2D eigenvalue weighted by Gasteiger charge is -2.18. The molecule has 0 heterocycles. The van der Waals surface area contributed by atoms with Crippen molar-refractivity contribution < 1.29 is 24.4 Å². The lowest BCUT2D eigenvalue weighted by atomic mass is 10.0. The molecule has 114 valence electrons. The number of aliphatic carboxylic acids is 1. The van der Waals surface area contributed by atoms with Crippen LogP contribution in [-0.4, -0.2) is 35.1 Å². The van der Waals surface area contributed by atoms with Crippen molar-refractivity contribution in [1.29, 1.82) is 0 Å². The topological polar surface area (TPSA) is 119 Å². The molecular formula is C13H16N2O6. The zero-order valence-corrected chi connectivity index (χ0v) is 11.8. The minimum Gasteiger partial charge on any atom is -0.490 e. The summed E-state index contributed by atoms with van der Waals surface area (Å²) in [7, 11) is 1.25. The second-order valence-electron chi connectivity index (χ2n) is 4.68. The van der Waals surface area contributed by atoms with Crippen molar-refractivity contribution in [1.82, 2.24) is 5.32 Å². The maximum Gasteiger partial charge on any atom is 0.326 e. The van der Waals surface area contributed by atoms with Crippen LogP contribution in [0.2, 0.25) is 0 Å². The van der Waals surface area contributed by atoms with Crippen LogP contribution < -0.4 is 10.1 Å². The summed E-state index contributed by atoms with van der Waals surface area (Å²) in [6, 6.07) is 2.54. The maximum atomic E-state index is 12.0. The Labute approximate surface area is 120 Å². The summed E-state index contributed by atoms with van der Waals surface area (Å²) in [5.74, 6) is -2.15. The molecule has 0 aromatic heterocycles. The molecule has 0 bridgehead atoms. The number of carbonyl (C=O) groups is 2. The van der Waals surface area contributed by atoms with Crippen molar-refractivity contribution in [2.45, 2.75) is 19.9 Å². The summed E-state index contributed by atoms with van der Waals surface area (Å²) in [5.41, 5.74) is -0.183. The molecule has 1 rings (SSSR count). The number of nitrogens with zero attached hydrogens (tertiary/aromatic N) is 1. The van der Waals surface area contributed by atoms with Crippen LogP contribution >= 0.6 is 0 Å². The first kappa shape index (κ1) is 16.4. The Balaban J connectivity index is 3.03. The smallest absolute Gasteiger partial charge is 0.326 e. The molecule has 8 heteroatoms. The fourth-order valence-electron chi connectivity index (χ4n) is 1.71. The summed E-state index contributed by atoms with van der Waals surface area (Å²) in [6.07, 6.45) is 0. The molecule has 1 aromatic rings. The number of carboxylic acid groups (broad SMARTS) is 1. The third-order valence-electron chi connectivity index (χ3n) is 2.86. The minimum atomic E-state index is -1.15. The van der Waals surface area contributed by atoms with Crippen LogP contribution in [0, 0.1) is 16.0 Å². The van der Waals surface area contributed by atoms with Gasteiger partial charge in [0.05, 0.1) is 12.0 Å². The Kier molecular flexibility index (Phi) is 5.23. The number of nitrogens with one attached hydrogen (secondary N) is 1. The lowest BCUT2D eigenvalue weighted by Crippen LogP contribution is -2.44. The lowest BCUT2D eigenvalue weighted by molar-refractivity contribution is -0.385. The molecule has 1 amide bonds.